The van der Waals surface area contributed by atoms with Gasteiger partial charge in [-0.2, -0.15) is 5.10 Å². The van der Waals surface area contributed by atoms with E-state index in [9.17, 15) is 13.6 Å². The Bertz CT molecular complexity index is 857. The SMILES string of the molecule is O=c1ccc(-c2ccc(F)cc2)nn1Cc1ccccc1F. The van der Waals surface area contributed by atoms with Crippen molar-refractivity contribution >= 4 is 0 Å². The van der Waals surface area contributed by atoms with Crippen LogP contribution in [0.3, 0.4) is 0 Å². The van der Waals surface area contributed by atoms with Gasteiger partial charge in [0, 0.05) is 17.2 Å². The van der Waals surface area contributed by atoms with Crippen molar-refractivity contribution in [3.63, 3.8) is 0 Å². The summed E-state index contributed by atoms with van der Waals surface area (Å²) >= 11 is 0. The highest BCUT2D eigenvalue weighted by Gasteiger charge is 2.07. The van der Waals surface area contributed by atoms with E-state index in [1.165, 1.54) is 28.9 Å². The maximum absolute atomic E-state index is 13.7. The van der Waals surface area contributed by atoms with Gasteiger partial charge in [-0.05, 0) is 36.4 Å². The first kappa shape index (κ1) is 14.1. The molecule has 3 nitrogen and oxygen atoms in total. The first-order valence-corrected chi connectivity index (χ1v) is 6.71. The summed E-state index contributed by atoms with van der Waals surface area (Å²) < 4.78 is 27.8. The lowest BCUT2D eigenvalue weighted by atomic mass is 10.1. The van der Waals surface area contributed by atoms with Gasteiger partial charge in [0.25, 0.3) is 5.56 Å². The van der Waals surface area contributed by atoms with Gasteiger partial charge in [-0.3, -0.25) is 4.79 Å². The van der Waals surface area contributed by atoms with E-state index >= 15 is 0 Å². The second-order valence-electron chi connectivity index (χ2n) is 4.81. The molecule has 0 atom stereocenters. The van der Waals surface area contributed by atoms with Crippen LogP contribution in [0.5, 0.6) is 0 Å². The molecule has 0 aliphatic carbocycles. The summed E-state index contributed by atoms with van der Waals surface area (Å²) in [6.45, 7) is 0.0422. The van der Waals surface area contributed by atoms with Crippen molar-refractivity contribution < 1.29 is 8.78 Å². The first-order valence-electron chi connectivity index (χ1n) is 6.71. The van der Waals surface area contributed by atoms with Gasteiger partial charge in [-0.15, -0.1) is 0 Å². The molecular formula is C17H12F2N2O. The molecule has 0 N–H and O–H groups in total. The molecule has 3 aromatic rings. The minimum absolute atomic E-state index is 0.0422. The summed E-state index contributed by atoms with van der Waals surface area (Å²) in [5.41, 5.74) is 1.27. The highest BCUT2D eigenvalue weighted by Crippen LogP contribution is 2.16. The highest BCUT2D eigenvalue weighted by molar-refractivity contribution is 5.57. The van der Waals surface area contributed by atoms with Gasteiger partial charge < -0.3 is 0 Å². The molecule has 3 rings (SSSR count). The summed E-state index contributed by atoms with van der Waals surface area (Å²) in [6, 6.07) is 15.0. The van der Waals surface area contributed by atoms with Crippen molar-refractivity contribution in [3.8, 4) is 11.3 Å². The molecule has 0 saturated carbocycles. The van der Waals surface area contributed by atoms with Crippen LogP contribution < -0.4 is 5.56 Å². The van der Waals surface area contributed by atoms with E-state index in [-0.39, 0.29) is 23.7 Å². The number of hydrogen-bond acceptors (Lipinski definition) is 2. The van der Waals surface area contributed by atoms with Gasteiger partial charge in [-0.25, -0.2) is 13.5 Å². The van der Waals surface area contributed by atoms with Gasteiger partial charge >= 0.3 is 0 Å². The van der Waals surface area contributed by atoms with Crippen molar-refractivity contribution in [1.29, 1.82) is 0 Å². The Labute approximate surface area is 125 Å². The highest BCUT2D eigenvalue weighted by atomic mass is 19.1. The Morgan fingerprint density at radius 3 is 2.36 bits per heavy atom. The summed E-state index contributed by atoms with van der Waals surface area (Å²) in [7, 11) is 0. The molecular weight excluding hydrogens is 286 g/mol. The second kappa shape index (κ2) is 5.89. The van der Waals surface area contributed by atoms with Crippen LogP contribution in [0.15, 0.2) is 65.5 Å². The minimum Gasteiger partial charge on any atom is -0.268 e. The fourth-order valence-electron chi connectivity index (χ4n) is 2.12. The second-order valence-corrected chi connectivity index (χ2v) is 4.81. The van der Waals surface area contributed by atoms with Crippen LogP contribution in [0.25, 0.3) is 11.3 Å². The lowest BCUT2D eigenvalue weighted by Gasteiger charge is -2.08. The smallest absolute Gasteiger partial charge is 0.267 e. The van der Waals surface area contributed by atoms with Gasteiger partial charge in [0.1, 0.15) is 11.6 Å². The Balaban J connectivity index is 1.98. The zero-order chi connectivity index (χ0) is 15.5. The molecule has 110 valence electrons. The van der Waals surface area contributed by atoms with Crippen LogP contribution in [-0.2, 0) is 6.54 Å². The molecule has 0 saturated heterocycles. The molecule has 0 spiro atoms. The molecule has 0 aliphatic heterocycles. The fourth-order valence-corrected chi connectivity index (χ4v) is 2.12. The maximum atomic E-state index is 13.7. The van der Waals surface area contributed by atoms with Gasteiger partial charge in [0.15, 0.2) is 0 Å². The molecule has 22 heavy (non-hydrogen) atoms. The molecule has 0 radical (unpaired) electrons. The third kappa shape index (κ3) is 2.93. The third-order valence-electron chi connectivity index (χ3n) is 3.28. The summed E-state index contributed by atoms with van der Waals surface area (Å²) in [4.78, 5) is 11.9. The van der Waals surface area contributed by atoms with E-state index < -0.39 is 0 Å². The average molecular weight is 298 g/mol. The third-order valence-corrected chi connectivity index (χ3v) is 3.28. The predicted octanol–water partition coefficient (Wildman–Crippen LogP) is 3.24. The van der Waals surface area contributed by atoms with Crippen molar-refractivity contribution in [2.24, 2.45) is 0 Å². The number of nitrogens with zero attached hydrogens (tertiary/aromatic N) is 2. The summed E-state index contributed by atoms with van der Waals surface area (Å²) in [5.74, 6) is -0.730. The molecule has 0 unspecified atom stereocenters. The molecule has 1 heterocycles. The van der Waals surface area contributed by atoms with E-state index in [1.807, 2.05) is 0 Å². The number of halogens is 2. The average Bonchev–Trinajstić information content (AvgIpc) is 2.52. The number of rotatable bonds is 3. The van der Waals surface area contributed by atoms with Crippen molar-refractivity contribution in [3.05, 3.63) is 88.2 Å². The summed E-state index contributed by atoms with van der Waals surface area (Å²) in [5, 5.41) is 4.22. The Kier molecular flexibility index (Phi) is 3.78. The van der Waals surface area contributed by atoms with Crippen LogP contribution >= 0.6 is 0 Å². The Morgan fingerprint density at radius 2 is 1.64 bits per heavy atom. The van der Waals surface area contributed by atoms with Crippen LogP contribution in [0, 0.1) is 11.6 Å². The van der Waals surface area contributed by atoms with Crippen LogP contribution in [0.4, 0.5) is 8.78 Å². The van der Waals surface area contributed by atoms with Crippen molar-refractivity contribution in [2.75, 3.05) is 0 Å². The molecule has 0 bridgehead atoms. The fraction of sp³-hybridized carbons (Fsp3) is 0.0588. The zero-order valence-corrected chi connectivity index (χ0v) is 11.5. The Hall–Kier alpha value is -2.82. The van der Waals surface area contributed by atoms with E-state index in [4.69, 9.17) is 0 Å². The van der Waals surface area contributed by atoms with E-state index in [0.29, 0.717) is 16.8 Å². The largest absolute Gasteiger partial charge is 0.268 e. The predicted molar refractivity (Wildman–Crippen MR) is 79.4 cm³/mol. The van der Waals surface area contributed by atoms with Gasteiger partial charge in [0.2, 0.25) is 0 Å². The number of aromatic nitrogens is 2. The molecule has 5 heteroatoms. The maximum Gasteiger partial charge on any atom is 0.267 e. The lowest BCUT2D eigenvalue weighted by Crippen LogP contribution is -2.23. The van der Waals surface area contributed by atoms with Crippen molar-refractivity contribution in [1.82, 2.24) is 9.78 Å². The summed E-state index contributed by atoms with van der Waals surface area (Å²) in [6.07, 6.45) is 0. The van der Waals surface area contributed by atoms with E-state index in [1.54, 1.807) is 36.4 Å². The van der Waals surface area contributed by atoms with E-state index in [2.05, 4.69) is 5.10 Å². The van der Waals surface area contributed by atoms with Gasteiger partial charge in [-0.1, -0.05) is 18.2 Å². The lowest BCUT2D eigenvalue weighted by molar-refractivity contribution is 0.573. The van der Waals surface area contributed by atoms with Crippen molar-refractivity contribution in [2.45, 2.75) is 6.54 Å². The number of benzene rings is 2. The molecule has 0 fully saturated rings. The monoisotopic (exact) mass is 298 g/mol. The van der Waals surface area contributed by atoms with E-state index in [0.717, 1.165) is 0 Å². The topological polar surface area (TPSA) is 34.9 Å². The quantitative estimate of drug-likeness (QED) is 0.744. The standard InChI is InChI=1S/C17H12F2N2O/c18-14-7-5-12(6-8-14)16-9-10-17(22)21(20-16)11-13-3-1-2-4-15(13)19/h1-10H,11H2. The normalized spacial score (nSPS) is 10.6. The molecule has 1 aromatic heterocycles. The van der Waals surface area contributed by atoms with Crippen LogP contribution in [0.1, 0.15) is 5.56 Å². The minimum atomic E-state index is -0.386. The van der Waals surface area contributed by atoms with Gasteiger partial charge in [0.05, 0.1) is 12.2 Å². The molecule has 0 aliphatic rings. The molecule has 2 aromatic carbocycles. The van der Waals surface area contributed by atoms with Crippen LogP contribution in [0.2, 0.25) is 0 Å². The zero-order valence-electron chi connectivity index (χ0n) is 11.5. The first-order chi connectivity index (χ1) is 10.6. The molecule has 0 amide bonds. The van der Waals surface area contributed by atoms with Crippen LogP contribution in [-0.4, -0.2) is 9.78 Å². The Morgan fingerprint density at radius 1 is 0.909 bits per heavy atom. The number of hydrogen-bond donors (Lipinski definition) is 0.